The third-order valence-corrected chi connectivity index (χ3v) is 7.42. The Labute approximate surface area is 217 Å². The van der Waals surface area contributed by atoms with E-state index in [0.717, 1.165) is 55.6 Å². The fourth-order valence-electron chi connectivity index (χ4n) is 5.23. The quantitative estimate of drug-likeness (QED) is 0.357. The van der Waals surface area contributed by atoms with Crippen molar-refractivity contribution in [3.05, 3.63) is 95.1 Å². The number of hydrogen-bond acceptors (Lipinski definition) is 5. The van der Waals surface area contributed by atoms with Gasteiger partial charge in [0.1, 0.15) is 11.6 Å². The van der Waals surface area contributed by atoms with Crippen LogP contribution in [-0.4, -0.2) is 43.4 Å². The van der Waals surface area contributed by atoms with Gasteiger partial charge >= 0.3 is 0 Å². The van der Waals surface area contributed by atoms with Crippen molar-refractivity contribution in [3.63, 3.8) is 0 Å². The molecule has 37 heavy (non-hydrogen) atoms. The molecule has 7 heteroatoms. The van der Waals surface area contributed by atoms with Gasteiger partial charge in [-0.3, -0.25) is 0 Å². The maximum atomic E-state index is 13.6. The molecule has 0 aliphatic carbocycles. The van der Waals surface area contributed by atoms with Gasteiger partial charge in [0.15, 0.2) is 11.5 Å². The number of halogens is 2. The lowest BCUT2D eigenvalue weighted by molar-refractivity contribution is 0.136. The van der Waals surface area contributed by atoms with E-state index in [1.165, 1.54) is 24.3 Å². The van der Waals surface area contributed by atoms with Crippen LogP contribution in [-0.2, 0) is 5.54 Å². The Morgan fingerprint density at radius 2 is 1.51 bits per heavy atom. The van der Waals surface area contributed by atoms with E-state index in [4.69, 9.17) is 15.2 Å². The van der Waals surface area contributed by atoms with Crippen molar-refractivity contribution in [2.24, 2.45) is 11.7 Å². The number of nitrogens with two attached hydrogens (primary N) is 1. The molecule has 0 saturated carbocycles. The minimum Gasteiger partial charge on any atom is -0.493 e. The van der Waals surface area contributed by atoms with E-state index in [2.05, 4.69) is 4.90 Å². The number of likely N-dealkylation sites (tertiary alicyclic amines) is 1. The highest BCUT2D eigenvalue weighted by atomic mass is 19.1. The first-order valence-electron chi connectivity index (χ1n) is 12.8. The van der Waals surface area contributed by atoms with Crippen LogP contribution in [0.5, 0.6) is 11.5 Å². The van der Waals surface area contributed by atoms with Crippen LogP contribution >= 0.6 is 0 Å². The number of methoxy groups -OCH3 is 1. The smallest absolute Gasteiger partial charge is 0.161 e. The molecular weight excluding hydrogens is 474 g/mol. The number of aliphatic hydroxyl groups excluding tert-OH is 1. The fourth-order valence-corrected chi connectivity index (χ4v) is 5.23. The van der Waals surface area contributed by atoms with Gasteiger partial charge in [0.2, 0.25) is 0 Å². The lowest BCUT2D eigenvalue weighted by Gasteiger charge is -2.43. The zero-order chi connectivity index (χ0) is 26.4. The van der Waals surface area contributed by atoms with E-state index in [9.17, 15) is 13.9 Å². The molecule has 1 aliphatic rings. The number of rotatable bonds is 10. The summed E-state index contributed by atoms with van der Waals surface area (Å²) in [6, 6.07) is 18.2. The number of piperidine rings is 1. The summed E-state index contributed by atoms with van der Waals surface area (Å²) in [6.07, 6.45) is 2.04. The largest absolute Gasteiger partial charge is 0.493 e. The lowest BCUT2D eigenvalue weighted by Crippen LogP contribution is -2.50. The molecule has 198 valence electrons. The van der Waals surface area contributed by atoms with Gasteiger partial charge < -0.3 is 25.2 Å². The minimum absolute atomic E-state index is 0.132. The molecule has 1 saturated heterocycles. The zero-order valence-electron chi connectivity index (χ0n) is 21.5. The number of nitrogens with zero attached hydrogens (tertiary/aromatic N) is 1. The second kappa shape index (κ2) is 12.0. The summed E-state index contributed by atoms with van der Waals surface area (Å²) in [4.78, 5) is 2.41. The summed E-state index contributed by atoms with van der Waals surface area (Å²) < 4.78 is 38.7. The highest BCUT2D eigenvalue weighted by Gasteiger charge is 2.40. The van der Waals surface area contributed by atoms with E-state index in [1.807, 2.05) is 12.1 Å². The average molecular weight is 511 g/mol. The van der Waals surface area contributed by atoms with Crippen molar-refractivity contribution in [1.29, 1.82) is 0 Å². The molecule has 0 spiro atoms. The highest BCUT2D eigenvalue weighted by Crippen LogP contribution is 2.40. The summed E-state index contributed by atoms with van der Waals surface area (Å²) in [7, 11) is 1.59. The van der Waals surface area contributed by atoms with Gasteiger partial charge in [-0.25, -0.2) is 8.78 Å². The number of ether oxygens (including phenoxy) is 2. The Hall–Kier alpha value is -3.00. The first-order chi connectivity index (χ1) is 17.8. The SMILES string of the molecule is COc1cc(C(C)O)ccc1OCCCN1CCC(C(N)(c2ccc(F)cc2)c2ccc(F)cc2)CC1. The van der Waals surface area contributed by atoms with Crippen LogP contribution < -0.4 is 15.2 Å². The van der Waals surface area contributed by atoms with Crippen LogP contribution in [0.25, 0.3) is 0 Å². The van der Waals surface area contributed by atoms with Crippen LogP contribution in [0.3, 0.4) is 0 Å². The Balaban J connectivity index is 1.35. The number of benzene rings is 3. The van der Waals surface area contributed by atoms with E-state index >= 15 is 0 Å². The summed E-state index contributed by atoms with van der Waals surface area (Å²) in [5, 5.41) is 9.77. The van der Waals surface area contributed by atoms with Crippen LogP contribution in [0.4, 0.5) is 8.78 Å². The van der Waals surface area contributed by atoms with Gasteiger partial charge in [-0.1, -0.05) is 30.3 Å². The maximum Gasteiger partial charge on any atom is 0.161 e. The molecule has 1 heterocycles. The number of aliphatic hydroxyl groups is 1. The molecule has 3 aromatic carbocycles. The van der Waals surface area contributed by atoms with Gasteiger partial charge in [-0.2, -0.15) is 0 Å². The third-order valence-electron chi connectivity index (χ3n) is 7.42. The van der Waals surface area contributed by atoms with Crippen molar-refractivity contribution in [3.8, 4) is 11.5 Å². The second-order valence-corrected chi connectivity index (χ2v) is 9.79. The maximum absolute atomic E-state index is 13.6. The zero-order valence-corrected chi connectivity index (χ0v) is 21.5. The molecule has 0 radical (unpaired) electrons. The molecule has 1 fully saturated rings. The molecule has 5 nitrogen and oxygen atoms in total. The minimum atomic E-state index is -0.828. The summed E-state index contributed by atoms with van der Waals surface area (Å²) >= 11 is 0. The van der Waals surface area contributed by atoms with Crippen LogP contribution in [0.1, 0.15) is 49.0 Å². The molecule has 1 aliphatic heterocycles. The van der Waals surface area contributed by atoms with E-state index in [0.29, 0.717) is 18.1 Å². The summed E-state index contributed by atoms with van der Waals surface area (Å²) in [5.74, 6) is 0.794. The second-order valence-electron chi connectivity index (χ2n) is 9.79. The van der Waals surface area contributed by atoms with Gasteiger partial charge in [0.25, 0.3) is 0 Å². The Morgan fingerprint density at radius 1 is 0.946 bits per heavy atom. The predicted molar refractivity (Wildman–Crippen MR) is 141 cm³/mol. The van der Waals surface area contributed by atoms with Gasteiger partial charge in [0.05, 0.1) is 25.4 Å². The molecule has 0 amide bonds. The number of hydrogen-bond donors (Lipinski definition) is 2. The third kappa shape index (κ3) is 6.29. The lowest BCUT2D eigenvalue weighted by atomic mass is 9.70. The van der Waals surface area contributed by atoms with Crippen molar-refractivity contribution in [2.45, 2.75) is 37.8 Å². The summed E-state index contributed by atoms with van der Waals surface area (Å²) in [6.45, 7) is 4.94. The Morgan fingerprint density at radius 3 is 2.03 bits per heavy atom. The molecule has 0 bridgehead atoms. The molecule has 0 aromatic heterocycles. The van der Waals surface area contributed by atoms with Gasteiger partial charge in [-0.05, 0) is 98.3 Å². The van der Waals surface area contributed by atoms with Crippen LogP contribution in [0, 0.1) is 17.6 Å². The van der Waals surface area contributed by atoms with E-state index in [-0.39, 0.29) is 17.6 Å². The molecule has 3 N–H and O–H groups in total. The van der Waals surface area contributed by atoms with E-state index < -0.39 is 11.6 Å². The van der Waals surface area contributed by atoms with Crippen molar-refractivity contribution in [2.75, 3.05) is 33.4 Å². The average Bonchev–Trinajstić information content (AvgIpc) is 2.91. The molecular formula is C30H36F2N2O3. The van der Waals surface area contributed by atoms with Crippen LogP contribution in [0.15, 0.2) is 66.7 Å². The first kappa shape index (κ1) is 27.0. The highest BCUT2D eigenvalue weighted by molar-refractivity contribution is 5.43. The Kier molecular flexibility index (Phi) is 8.79. The predicted octanol–water partition coefficient (Wildman–Crippen LogP) is 5.41. The molecule has 4 rings (SSSR count). The normalized spacial score (nSPS) is 15.9. The Bertz CT molecular complexity index is 1100. The van der Waals surface area contributed by atoms with Crippen molar-refractivity contribution >= 4 is 0 Å². The molecule has 1 atom stereocenters. The van der Waals surface area contributed by atoms with Gasteiger partial charge in [0, 0.05) is 6.54 Å². The molecule has 3 aromatic rings. The first-order valence-corrected chi connectivity index (χ1v) is 12.8. The van der Waals surface area contributed by atoms with E-state index in [1.54, 1.807) is 44.4 Å². The standard InChI is InChI=1S/C30H36F2N2O3/c1-21(35)22-4-13-28(29(20-22)36-2)37-19-3-16-34-17-14-25(15-18-34)30(33,23-5-9-26(31)10-6-23)24-7-11-27(32)12-8-24/h4-13,20-21,25,35H,3,14-19,33H2,1-2H3. The monoisotopic (exact) mass is 510 g/mol. The fraction of sp³-hybridized carbons (Fsp3) is 0.400. The topological polar surface area (TPSA) is 68.0 Å². The van der Waals surface area contributed by atoms with Crippen molar-refractivity contribution in [1.82, 2.24) is 4.90 Å². The molecule has 1 unspecified atom stereocenters. The summed E-state index contributed by atoms with van der Waals surface area (Å²) in [5.41, 5.74) is 8.72. The van der Waals surface area contributed by atoms with Crippen molar-refractivity contribution < 1.29 is 23.4 Å². The van der Waals surface area contributed by atoms with Gasteiger partial charge in [-0.15, -0.1) is 0 Å². The van der Waals surface area contributed by atoms with Crippen LogP contribution in [0.2, 0.25) is 0 Å².